The molecule has 2 aliphatic rings. The number of hydrogen-bond acceptors (Lipinski definition) is 7. The average Bonchev–Trinajstić information content (AvgIpc) is 3.33. The van der Waals surface area contributed by atoms with Crippen LogP contribution in [-0.4, -0.2) is 47.3 Å². The van der Waals surface area contributed by atoms with Crippen molar-refractivity contribution < 1.29 is 19.0 Å². The summed E-state index contributed by atoms with van der Waals surface area (Å²) < 4.78 is 17.2. The number of rotatable bonds is 8. The Hall–Kier alpha value is -4.37. The molecule has 0 unspecified atom stereocenters. The number of carbonyl (C=O) groups excluding carboxylic acids is 1. The van der Waals surface area contributed by atoms with E-state index in [2.05, 4.69) is 16.2 Å². The van der Waals surface area contributed by atoms with Crippen LogP contribution in [0.4, 0.5) is 0 Å². The van der Waals surface area contributed by atoms with Gasteiger partial charge < -0.3 is 14.2 Å². The van der Waals surface area contributed by atoms with E-state index in [9.17, 15) is 4.79 Å². The predicted molar refractivity (Wildman–Crippen MR) is 150 cm³/mol. The lowest BCUT2D eigenvalue weighted by Gasteiger charge is -2.20. The van der Waals surface area contributed by atoms with Gasteiger partial charge in [0.05, 0.1) is 12.7 Å². The van der Waals surface area contributed by atoms with Crippen LogP contribution in [0.1, 0.15) is 22.3 Å². The van der Waals surface area contributed by atoms with Crippen molar-refractivity contribution in [2.24, 2.45) is 10.1 Å². The molecule has 38 heavy (non-hydrogen) atoms. The molecule has 3 aromatic rings. The van der Waals surface area contributed by atoms with Crippen molar-refractivity contribution in [3.05, 3.63) is 94.6 Å². The molecule has 0 saturated heterocycles. The monoisotopic (exact) mass is 526 g/mol. The van der Waals surface area contributed by atoms with Gasteiger partial charge in [0, 0.05) is 5.56 Å². The van der Waals surface area contributed by atoms with Gasteiger partial charge in [0.15, 0.2) is 17.3 Å². The first-order valence-corrected chi connectivity index (χ1v) is 12.8. The first-order chi connectivity index (χ1) is 18.4. The van der Waals surface area contributed by atoms with E-state index in [1.807, 2.05) is 56.3 Å². The van der Waals surface area contributed by atoms with Crippen molar-refractivity contribution in [3.63, 3.8) is 0 Å². The van der Waals surface area contributed by atoms with Crippen LogP contribution in [-0.2, 0) is 4.79 Å². The number of thioether (sulfide) groups is 1. The molecule has 2 heterocycles. The summed E-state index contributed by atoms with van der Waals surface area (Å²) >= 11 is 1.27. The normalized spacial score (nSPS) is 15.8. The number of nitrogens with zero attached hydrogens (tertiary/aromatic N) is 3. The van der Waals surface area contributed by atoms with E-state index < -0.39 is 5.91 Å². The number of aliphatic imine (C=N–C) groups is 1. The second-order valence-electron chi connectivity index (χ2n) is 8.72. The second kappa shape index (κ2) is 10.9. The molecule has 0 atom stereocenters. The number of benzene rings is 3. The summed E-state index contributed by atoms with van der Waals surface area (Å²) in [5.41, 5.74) is 4.01. The van der Waals surface area contributed by atoms with Gasteiger partial charge in [-0.25, -0.2) is 0 Å². The smallest absolute Gasteiger partial charge is 0.283 e. The third-order valence-electron chi connectivity index (χ3n) is 5.78. The summed E-state index contributed by atoms with van der Waals surface area (Å²) in [5, 5.41) is 15.6. The quantitative estimate of drug-likeness (QED) is 0.310. The highest BCUT2D eigenvalue weighted by Crippen LogP contribution is 2.33. The molecule has 0 fully saturated rings. The second-order valence-corrected chi connectivity index (χ2v) is 9.68. The van der Waals surface area contributed by atoms with Crippen molar-refractivity contribution >= 4 is 39.8 Å². The van der Waals surface area contributed by atoms with Crippen molar-refractivity contribution in [1.82, 2.24) is 5.01 Å². The fourth-order valence-corrected chi connectivity index (χ4v) is 4.97. The maximum absolute atomic E-state index is 12.8. The molecule has 0 aliphatic carbocycles. The average molecular weight is 527 g/mol. The van der Waals surface area contributed by atoms with Gasteiger partial charge in [-0.1, -0.05) is 42.5 Å². The molecule has 0 radical (unpaired) electrons. The number of hydrogen-bond donors (Lipinski definition) is 1. The lowest BCUT2D eigenvalue weighted by atomic mass is 10.1. The molecule has 1 N–H and O–H groups in total. The van der Waals surface area contributed by atoms with Crippen molar-refractivity contribution in [2.75, 3.05) is 20.3 Å². The zero-order valence-electron chi connectivity index (χ0n) is 21.2. The summed E-state index contributed by atoms with van der Waals surface area (Å²) in [6.07, 6.45) is 1.61. The van der Waals surface area contributed by atoms with E-state index in [0.29, 0.717) is 40.5 Å². The summed E-state index contributed by atoms with van der Waals surface area (Å²) in [6, 6.07) is 21.0. The molecule has 0 spiro atoms. The molecule has 0 bridgehead atoms. The first-order valence-electron chi connectivity index (χ1n) is 12.0. The van der Waals surface area contributed by atoms with Gasteiger partial charge in [0.1, 0.15) is 24.0 Å². The largest absolute Gasteiger partial charge is 0.493 e. The molecule has 0 saturated carbocycles. The Balaban J connectivity index is 1.28. The minimum absolute atomic E-state index is 0.0266. The maximum atomic E-state index is 12.8. The van der Waals surface area contributed by atoms with E-state index >= 15 is 0 Å². The molecule has 3 aromatic carbocycles. The van der Waals surface area contributed by atoms with Gasteiger partial charge >= 0.3 is 0 Å². The van der Waals surface area contributed by atoms with Gasteiger partial charge in [-0.2, -0.15) is 15.1 Å². The SMILES string of the molecule is COc1cc(/C=C2/C(=N)N3N=C(c4ccccc4)SC3=NC2=O)ccc1OCCOc1cc(C)cc(C)c1. The zero-order valence-corrected chi connectivity index (χ0v) is 22.0. The van der Waals surface area contributed by atoms with Gasteiger partial charge in [0.25, 0.3) is 5.91 Å². The molecule has 9 heteroatoms. The minimum Gasteiger partial charge on any atom is -0.493 e. The first kappa shape index (κ1) is 25.3. The number of amides is 1. The van der Waals surface area contributed by atoms with Crippen molar-refractivity contribution in [2.45, 2.75) is 13.8 Å². The minimum atomic E-state index is -0.485. The Kier molecular flexibility index (Phi) is 7.28. The fourth-order valence-electron chi connectivity index (χ4n) is 4.08. The highest BCUT2D eigenvalue weighted by atomic mass is 32.2. The van der Waals surface area contributed by atoms with E-state index in [0.717, 1.165) is 22.4 Å². The van der Waals surface area contributed by atoms with Crippen LogP contribution in [0.3, 0.4) is 0 Å². The molecule has 192 valence electrons. The van der Waals surface area contributed by atoms with Gasteiger partial charge in [0.2, 0.25) is 5.17 Å². The van der Waals surface area contributed by atoms with E-state index in [4.69, 9.17) is 19.6 Å². The van der Waals surface area contributed by atoms with Gasteiger partial charge in [-0.05, 0) is 72.6 Å². The molecular weight excluding hydrogens is 500 g/mol. The Morgan fingerprint density at radius 2 is 1.68 bits per heavy atom. The Labute approximate surface area is 225 Å². The predicted octanol–water partition coefficient (Wildman–Crippen LogP) is 5.44. The number of amidine groups is 2. The van der Waals surface area contributed by atoms with Crippen LogP contribution >= 0.6 is 11.8 Å². The van der Waals surface area contributed by atoms with Gasteiger partial charge in [-0.3, -0.25) is 10.2 Å². The molecule has 5 rings (SSSR count). The number of nitrogens with one attached hydrogen (secondary N) is 1. The Bertz CT molecular complexity index is 1480. The molecule has 8 nitrogen and oxygen atoms in total. The fraction of sp³-hybridized carbons (Fsp3) is 0.172. The molecule has 2 aliphatic heterocycles. The number of hydrazone groups is 1. The van der Waals surface area contributed by atoms with Crippen LogP contribution in [0.25, 0.3) is 6.08 Å². The number of ether oxygens (including phenoxy) is 3. The topological polar surface area (TPSA) is 96.6 Å². The number of aryl methyl sites for hydroxylation is 2. The summed E-state index contributed by atoms with van der Waals surface area (Å²) in [5.74, 6) is 1.35. The molecule has 1 amide bonds. The third-order valence-corrected chi connectivity index (χ3v) is 6.74. The number of fused-ring (bicyclic) bond motifs is 1. The van der Waals surface area contributed by atoms with Crippen LogP contribution in [0.5, 0.6) is 17.2 Å². The highest BCUT2D eigenvalue weighted by molar-refractivity contribution is 8.27. The Morgan fingerprint density at radius 1 is 0.947 bits per heavy atom. The van der Waals surface area contributed by atoms with Crippen molar-refractivity contribution in [3.8, 4) is 17.2 Å². The summed E-state index contributed by atoms with van der Waals surface area (Å²) in [7, 11) is 1.55. The standard InChI is InChI=1S/C29H26N4O4S/c1-18-13-19(2)15-22(14-18)36-11-12-37-24-10-9-20(17-25(24)35-3)16-23-26(30)33-29(31-27(23)34)38-28(32-33)21-7-5-4-6-8-21/h4-10,13-17,30H,11-12H2,1-3H3/b23-16-,30-26?. The maximum Gasteiger partial charge on any atom is 0.283 e. The number of methoxy groups -OCH3 is 1. The Morgan fingerprint density at radius 3 is 2.42 bits per heavy atom. The number of carbonyl (C=O) groups is 1. The summed E-state index contributed by atoms with van der Waals surface area (Å²) in [4.78, 5) is 17.0. The lowest BCUT2D eigenvalue weighted by Crippen LogP contribution is -2.35. The van der Waals surface area contributed by atoms with Crippen LogP contribution < -0.4 is 14.2 Å². The molecule has 0 aromatic heterocycles. The highest BCUT2D eigenvalue weighted by Gasteiger charge is 2.36. The van der Waals surface area contributed by atoms with Gasteiger partial charge in [-0.15, -0.1) is 0 Å². The molecular formula is C29H26N4O4S. The van der Waals surface area contributed by atoms with Crippen LogP contribution in [0, 0.1) is 19.3 Å². The van der Waals surface area contributed by atoms with E-state index in [-0.39, 0.29) is 11.4 Å². The lowest BCUT2D eigenvalue weighted by molar-refractivity contribution is -0.114. The van der Waals surface area contributed by atoms with Crippen LogP contribution in [0.15, 0.2) is 82.4 Å². The van der Waals surface area contributed by atoms with E-state index in [1.165, 1.54) is 16.8 Å². The van der Waals surface area contributed by atoms with Crippen LogP contribution in [0.2, 0.25) is 0 Å². The van der Waals surface area contributed by atoms with E-state index in [1.54, 1.807) is 31.4 Å². The van der Waals surface area contributed by atoms with Crippen molar-refractivity contribution in [1.29, 1.82) is 5.41 Å². The zero-order chi connectivity index (χ0) is 26.6. The summed E-state index contributed by atoms with van der Waals surface area (Å²) in [6.45, 7) is 4.78. The third kappa shape index (κ3) is 5.47.